The van der Waals surface area contributed by atoms with Gasteiger partial charge in [-0.05, 0) is 46.1 Å². The maximum absolute atomic E-state index is 12.4. The predicted octanol–water partition coefficient (Wildman–Crippen LogP) is 2.06. The molecule has 0 aromatic carbocycles. The van der Waals surface area contributed by atoms with E-state index in [2.05, 4.69) is 30.6 Å². The van der Waals surface area contributed by atoms with Crippen molar-refractivity contribution in [3.05, 3.63) is 23.1 Å². The van der Waals surface area contributed by atoms with Gasteiger partial charge in [-0.25, -0.2) is 0 Å². The van der Waals surface area contributed by atoms with Crippen LogP contribution in [0.4, 0.5) is 5.69 Å². The Bertz CT molecular complexity index is 728. The van der Waals surface area contributed by atoms with Gasteiger partial charge in [-0.1, -0.05) is 5.16 Å². The molecule has 8 nitrogen and oxygen atoms in total. The standard InChI is InChI=1S/C16H22N6O2/c1-9-14(10(2)20-19-9)17-13(23)8-22-7-3-4-12(22)15-18-16(24-21-15)11-5-6-11/h11-12H,3-8H2,1-2H3,(H,17,23)(H,19,20)/t12-/m1/s1. The molecule has 2 aliphatic rings. The lowest BCUT2D eigenvalue weighted by Gasteiger charge is -2.21. The summed E-state index contributed by atoms with van der Waals surface area (Å²) in [7, 11) is 0. The second kappa shape index (κ2) is 6.01. The molecule has 1 amide bonds. The maximum Gasteiger partial charge on any atom is 0.238 e. The molecule has 1 aliphatic heterocycles. The van der Waals surface area contributed by atoms with E-state index in [0.717, 1.165) is 61.0 Å². The van der Waals surface area contributed by atoms with Crippen molar-refractivity contribution in [1.82, 2.24) is 25.2 Å². The first-order valence-corrected chi connectivity index (χ1v) is 8.51. The number of H-pyrrole nitrogens is 1. The Morgan fingerprint density at radius 3 is 2.92 bits per heavy atom. The van der Waals surface area contributed by atoms with Crippen LogP contribution in [0.3, 0.4) is 0 Å². The summed E-state index contributed by atoms with van der Waals surface area (Å²) in [5.74, 6) is 1.89. The number of likely N-dealkylation sites (tertiary alicyclic amines) is 1. The molecule has 128 valence electrons. The van der Waals surface area contributed by atoms with Gasteiger partial charge >= 0.3 is 0 Å². The van der Waals surface area contributed by atoms with Crippen LogP contribution in [0.5, 0.6) is 0 Å². The summed E-state index contributed by atoms with van der Waals surface area (Å²) >= 11 is 0. The quantitative estimate of drug-likeness (QED) is 0.870. The molecule has 3 heterocycles. The molecule has 1 saturated carbocycles. The van der Waals surface area contributed by atoms with E-state index in [1.54, 1.807) is 0 Å². The van der Waals surface area contributed by atoms with Crippen LogP contribution >= 0.6 is 0 Å². The SMILES string of the molecule is Cc1n[nH]c(C)c1NC(=O)CN1CCC[C@@H]1c1noc(C2CC2)n1. The zero-order valence-corrected chi connectivity index (χ0v) is 14.0. The van der Waals surface area contributed by atoms with Gasteiger partial charge < -0.3 is 9.84 Å². The normalized spacial score (nSPS) is 21.3. The number of rotatable bonds is 5. The van der Waals surface area contributed by atoms with E-state index in [1.807, 2.05) is 13.8 Å². The summed E-state index contributed by atoms with van der Waals surface area (Å²) in [6, 6.07) is 0.0681. The average molecular weight is 330 g/mol. The zero-order valence-electron chi connectivity index (χ0n) is 14.0. The lowest BCUT2D eigenvalue weighted by molar-refractivity contribution is -0.117. The van der Waals surface area contributed by atoms with Gasteiger partial charge in [0.25, 0.3) is 0 Å². The molecule has 2 fully saturated rings. The van der Waals surface area contributed by atoms with Crippen molar-refractivity contribution in [3.63, 3.8) is 0 Å². The Morgan fingerprint density at radius 1 is 1.38 bits per heavy atom. The number of carbonyl (C=O) groups is 1. The molecule has 4 rings (SSSR count). The van der Waals surface area contributed by atoms with Gasteiger partial charge in [-0.15, -0.1) is 0 Å². The van der Waals surface area contributed by atoms with Crippen LogP contribution < -0.4 is 5.32 Å². The van der Waals surface area contributed by atoms with Crippen LogP contribution in [-0.2, 0) is 4.79 Å². The van der Waals surface area contributed by atoms with Gasteiger partial charge in [-0.3, -0.25) is 14.8 Å². The topological polar surface area (TPSA) is 99.9 Å². The molecule has 0 radical (unpaired) electrons. The highest BCUT2D eigenvalue weighted by atomic mass is 16.5. The molecule has 0 unspecified atom stereocenters. The van der Waals surface area contributed by atoms with Crippen LogP contribution in [-0.4, -0.2) is 44.2 Å². The number of anilines is 1. The highest BCUT2D eigenvalue weighted by Crippen LogP contribution is 2.40. The molecular weight excluding hydrogens is 308 g/mol. The van der Waals surface area contributed by atoms with Crippen molar-refractivity contribution in [1.29, 1.82) is 0 Å². The van der Waals surface area contributed by atoms with Crippen molar-refractivity contribution in [2.75, 3.05) is 18.4 Å². The van der Waals surface area contributed by atoms with Gasteiger partial charge in [0.1, 0.15) is 0 Å². The van der Waals surface area contributed by atoms with E-state index < -0.39 is 0 Å². The van der Waals surface area contributed by atoms with Gasteiger partial charge in [0.15, 0.2) is 5.82 Å². The fourth-order valence-corrected chi connectivity index (χ4v) is 3.28. The third kappa shape index (κ3) is 2.93. The molecular formula is C16H22N6O2. The molecule has 24 heavy (non-hydrogen) atoms. The number of nitrogens with zero attached hydrogens (tertiary/aromatic N) is 4. The fourth-order valence-electron chi connectivity index (χ4n) is 3.28. The molecule has 1 saturated heterocycles. The van der Waals surface area contributed by atoms with Gasteiger partial charge in [0, 0.05) is 5.92 Å². The molecule has 0 spiro atoms. The Labute approximate surface area is 140 Å². The number of aromatic nitrogens is 4. The van der Waals surface area contributed by atoms with Gasteiger partial charge in [0.05, 0.1) is 29.7 Å². The predicted molar refractivity (Wildman–Crippen MR) is 86.5 cm³/mol. The Morgan fingerprint density at radius 2 is 2.21 bits per heavy atom. The lowest BCUT2D eigenvalue weighted by Crippen LogP contribution is -2.33. The molecule has 8 heteroatoms. The van der Waals surface area contributed by atoms with Crippen molar-refractivity contribution < 1.29 is 9.32 Å². The monoisotopic (exact) mass is 330 g/mol. The number of carbonyl (C=O) groups excluding carboxylic acids is 1. The number of aromatic amines is 1. The summed E-state index contributed by atoms with van der Waals surface area (Å²) in [5, 5.41) is 14.1. The van der Waals surface area contributed by atoms with Crippen molar-refractivity contribution in [3.8, 4) is 0 Å². The number of amides is 1. The van der Waals surface area contributed by atoms with E-state index in [9.17, 15) is 4.79 Å². The number of hydrogen-bond donors (Lipinski definition) is 2. The Kier molecular flexibility index (Phi) is 3.84. The Hall–Kier alpha value is -2.22. The van der Waals surface area contributed by atoms with Crippen LogP contribution in [0.2, 0.25) is 0 Å². The lowest BCUT2D eigenvalue weighted by atomic mass is 10.2. The van der Waals surface area contributed by atoms with E-state index in [-0.39, 0.29) is 11.9 Å². The van der Waals surface area contributed by atoms with Gasteiger partial charge in [0.2, 0.25) is 11.8 Å². The van der Waals surface area contributed by atoms with Crippen LogP contribution in [0.15, 0.2) is 4.52 Å². The number of aryl methyl sites for hydroxylation is 2. The summed E-state index contributed by atoms with van der Waals surface area (Å²) in [5.41, 5.74) is 2.43. The third-order valence-corrected chi connectivity index (χ3v) is 4.78. The van der Waals surface area contributed by atoms with Gasteiger partial charge in [-0.2, -0.15) is 10.1 Å². The smallest absolute Gasteiger partial charge is 0.238 e. The summed E-state index contributed by atoms with van der Waals surface area (Å²) < 4.78 is 5.37. The summed E-state index contributed by atoms with van der Waals surface area (Å²) in [6.45, 7) is 4.96. The minimum absolute atomic E-state index is 0.0413. The first-order chi connectivity index (χ1) is 11.6. The second-order valence-corrected chi connectivity index (χ2v) is 6.75. The van der Waals surface area contributed by atoms with Crippen LogP contribution in [0, 0.1) is 13.8 Å². The molecule has 1 aliphatic carbocycles. The molecule has 1 atom stereocenters. The molecule has 2 N–H and O–H groups in total. The van der Waals surface area contributed by atoms with E-state index in [0.29, 0.717) is 12.5 Å². The Balaban J connectivity index is 1.41. The maximum atomic E-state index is 12.4. The number of hydrogen-bond acceptors (Lipinski definition) is 6. The first-order valence-electron chi connectivity index (χ1n) is 8.51. The zero-order chi connectivity index (χ0) is 16.7. The molecule has 2 aromatic heterocycles. The van der Waals surface area contributed by atoms with Crippen molar-refractivity contribution in [2.24, 2.45) is 0 Å². The van der Waals surface area contributed by atoms with Crippen molar-refractivity contribution >= 4 is 11.6 Å². The summed E-state index contributed by atoms with van der Waals surface area (Å²) in [4.78, 5) is 19.1. The fraction of sp³-hybridized carbons (Fsp3) is 0.625. The van der Waals surface area contributed by atoms with E-state index >= 15 is 0 Å². The third-order valence-electron chi connectivity index (χ3n) is 4.78. The second-order valence-electron chi connectivity index (χ2n) is 6.75. The van der Waals surface area contributed by atoms with Crippen LogP contribution in [0.25, 0.3) is 0 Å². The van der Waals surface area contributed by atoms with E-state index in [4.69, 9.17) is 4.52 Å². The number of nitrogens with one attached hydrogen (secondary N) is 2. The molecule has 2 aromatic rings. The summed E-state index contributed by atoms with van der Waals surface area (Å²) in [6.07, 6.45) is 4.28. The molecule has 0 bridgehead atoms. The first kappa shape index (κ1) is 15.3. The highest BCUT2D eigenvalue weighted by molar-refractivity contribution is 5.93. The highest BCUT2D eigenvalue weighted by Gasteiger charge is 2.34. The van der Waals surface area contributed by atoms with Crippen LogP contribution in [0.1, 0.15) is 60.7 Å². The minimum atomic E-state index is -0.0413. The average Bonchev–Trinajstić information content (AvgIpc) is 2.98. The minimum Gasteiger partial charge on any atom is -0.339 e. The van der Waals surface area contributed by atoms with E-state index in [1.165, 1.54) is 0 Å². The largest absolute Gasteiger partial charge is 0.339 e. The van der Waals surface area contributed by atoms with Crippen molar-refractivity contribution in [2.45, 2.75) is 51.5 Å².